The summed E-state index contributed by atoms with van der Waals surface area (Å²) in [6.07, 6.45) is 1.45. The third kappa shape index (κ3) is 2.83. The highest BCUT2D eigenvalue weighted by Gasteiger charge is 2.08. The molecule has 0 amide bonds. The molecule has 1 aromatic heterocycles. The third-order valence-corrected chi connectivity index (χ3v) is 4.00. The number of nitrogens with one attached hydrogen (secondary N) is 1. The van der Waals surface area contributed by atoms with E-state index in [0.717, 1.165) is 11.1 Å². The summed E-state index contributed by atoms with van der Waals surface area (Å²) in [7, 11) is 0. The van der Waals surface area contributed by atoms with E-state index in [-0.39, 0.29) is 0 Å². The number of nitrogens with zero attached hydrogens (tertiary/aromatic N) is 2. The van der Waals surface area contributed by atoms with Crippen molar-refractivity contribution in [3.63, 3.8) is 0 Å². The van der Waals surface area contributed by atoms with Crippen LogP contribution in [-0.2, 0) is 0 Å². The summed E-state index contributed by atoms with van der Waals surface area (Å²) >= 11 is 17.9. The topological polar surface area (TPSA) is 63.8 Å². The lowest BCUT2D eigenvalue weighted by molar-refractivity contribution is 1.22. The number of halogens is 3. The van der Waals surface area contributed by atoms with E-state index in [9.17, 15) is 0 Å². The Morgan fingerprint density at radius 1 is 0.905 bits per heavy atom. The van der Waals surface area contributed by atoms with Gasteiger partial charge in [-0.1, -0.05) is 34.8 Å². The van der Waals surface area contributed by atoms with Gasteiger partial charge < -0.3 is 11.1 Å². The van der Waals surface area contributed by atoms with Crippen molar-refractivity contribution in [1.29, 1.82) is 0 Å². The highest BCUT2D eigenvalue weighted by Crippen LogP contribution is 2.31. The molecule has 0 unspecified atom stereocenters. The minimum absolute atomic E-state index is 0.460. The number of nitrogen functional groups attached to an aromatic ring is 1. The molecule has 0 aliphatic rings. The average Bonchev–Trinajstić information content (AvgIpc) is 2.45. The van der Waals surface area contributed by atoms with Gasteiger partial charge in [-0.3, -0.25) is 0 Å². The number of fused-ring (bicyclic) bond motifs is 1. The Hall–Kier alpha value is -1.75. The predicted octanol–water partition coefficient (Wildman–Crippen LogP) is 4.92. The van der Waals surface area contributed by atoms with Crippen LogP contribution in [0.2, 0.25) is 15.1 Å². The summed E-state index contributed by atoms with van der Waals surface area (Å²) < 4.78 is 0. The van der Waals surface area contributed by atoms with Crippen LogP contribution < -0.4 is 11.1 Å². The summed E-state index contributed by atoms with van der Waals surface area (Å²) in [5.74, 6) is 0.613. The van der Waals surface area contributed by atoms with E-state index in [1.54, 1.807) is 30.3 Å². The van der Waals surface area contributed by atoms with Gasteiger partial charge in [0.15, 0.2) is 0 Å². The first-order valence-corrected chi connectivity index (χ1v) is 7.10. The third-order valence-electron chi connectivity index (χ3n) is 2.94. The van der Waals surface area contributed by atoms with E-state index in [2.05, 4.69) is 15.3 Å². The van der Waals surface area contributed by atoms with Gasteiger partial charge in [0, 0.05) is 11.1 Å². The second kappa shape index (κ2) is 5.56. The summed E-state index contributed by atoms with van der Waals surface area (Å²) in [6, 6.07) is 8.67. The number of nitrogens with two attached hydrogens (primary N) is 1. The van der Waals surface area contributed by atoms with Crippen LogP contribution in [0.4, 0.5) is 17.2 Å². The molecule has 2 aromatic carbocycles. The van der Waals surface area contributed by atoms with Crippen LogP contribution in [0.1, 0.15) is 0 Å². The molecule has 0 bridgehead atoms. The second-order valence-electron chi connectivity index (χ2n) is 4.37. The number of hydrogen-bond acceptors (Lipinski definition) is 4. The number of anilines is 3. The summed E-state index contributed by atoms with van der Waals surface area (Å²) in [6.45, 7) is 0. The molecule has 3 N–H and O–H groups in total. The molecule has 0 atom stereocenters. The van der Waals surface area contributed by atoms with Gasteiger partial charge in [0.05, 0.1) is 26.3 Å². The Balaban J connectivity index is 2.07. The van der Waals surface area contributed by atoms with E-state index < -0.39 is 0 Å². The van der Waals surface area contributed by atoms with Crippen molar-refractivity contribution < 1.29 is 0 Å². The van der Waals surface area contributed by atoms with Gasteiger partial charge in [-0.2, -0.15) is 0 Å². The fourth-order valence-corrected chi connectivity index (χ4v) is 2.36. The van der Waals surface area contributed by atoms with Crippen molar-refractivity contribution in [1.82, 2.24) is 9.97 Å². The molecule has 0 fully saturated rings. The van der Waals surface area contributed by atoms with Crippen molar-refractivity contribution in [3.05, 3.63) is 51.7 Å². The van der Waals surface area contributed by atoms with Crippen molar-refractivity contribution in [3.8, 4) is 0 Å². The molecule has 21 heavy (non-hydrogen) atoms. The van der Waals surface area contributed by atoms with Gasteiger partial charge in [0.1, 0.15) is 12.1 Å². The van der Waals surface area contributed by atoms with Gasteiger partial charge in [-0.05, 0) is 30.3 Å². The summed E-state index contributed by atoms with van der Waals surface area (Å²) in [5.41, 5.74) is 7.77. The van der Waals surface area contributed by atoms with Gasteiger partial charge in [0.2, 0.25) is 0 Å². The van der Waals surface area contributed by atoms with E-state index in [4.69, 9.17) is 40.5 Å². The van der Waals surface area contributed by atoms with Gasteiger partial charge in [-0.15, -0.1) is 0 Å². The second-order valence-corrected chi connectivity index (χ2v) is 5.59. The highest BCUT2D eigenvalue weighted by atomic mass is 35.5. The number of rotatable bonds is 2. The smallest absolute Gasteiger partial charge is 0.141 e. The molecule has 106 valence electrons. The van der Waals surface area contributed by atoms with Gasteiger partial charge in [-0.25, -0.2) is 9.97 Å². The molecule has 0 saturated carbocycles. The van der Waals surface area contributed by atoms with E-state index in [1.807, 2.05) is 0 Å². The number of aromatic nitrogens is 2. The zero-order valence-corrected chi connectivity index (χ0v) is 12.8. The van der Waals surface area contributed by atoms with E-state index >= 15 is 0 Å². The minimum Gasteiger partial charge on any atom is -0.398 e. The lowest BCUT2D eigenvalue weighted by Crippen LogP contribution is -1.97. The molecule has 0 aliphatic heterocycles. The molecular weight excluding hydrogens is 331 g/mol. The van der Waals surface area contributed by atoms with Crippen LogP contribution in [0.3, 0.4) is 0 Å². The molecule has 4 nitrogen and oxygen atoms in total. The quantitative estimate of drug-likeness (QED) is 0.651. The molecule has 0 radical (unpaired) electrons. The Bertz CT molecular complexity index is 836. The molecule has 1 heterocycles. The van der Waals surface area contributed by atoms with Crippen LogP contribution >= 0.6 is 34.8 Å². The lowest BCUT2D eigenvalue weighted by atomic mass is 10.2. The zero-order chi connectivity index (χ0) is 15.0. The molecule has 0 saturated heterocycles. The first-order valence-electron chi connectivity index (χ1n) is 5.96. The van der Waals surface area contributed by atoms with Crippen LogP contribution in [0.5, 0.6) is 0 Å². The normalized spacial score (nSPS) is 10.8. The maximum atomic E-state index is 6.00. The average molecular weight is 340 g/mol. The molecule has 7 heteroatoms. The molecular formula is C14H9Cl3N4. The van der Waals surface area contributed by atoms with E-state index in [0.29, 0.717) is 32.1 Å². The maximum Gasteiger partial charge on any atom is 0.141 e. The van der Waals surface area contributed by atoms with Gasteiger partial charge in [0.25, 0.3) is 0 Å². The van der Waals surface area contributed by atoms with Crippen molar-refractivity contribution in [2.24, 2.45) is 0 Å². The van der Waals surface area contributed by atoms with Crippen molar-refractivity contribution >= 4 is 62.9 Å². The van der Waals surface area contributed by atoms with Gasteiger partial charge >= 0.3 is 0 Å². The minimum atomic E-state index is 0.460. The fourth-order valence-electron chi connectivity index (χ4n) is 1.90. The highest BCUT2D eigenvalue weighted by molar-refractivity contribution is 6.42. The Kier molecular flexibility index (Phi) is 3.76. The lowest BCUT2D eigenvalue weighted by Gasteiger charge is -2.10. The SMILES string of the molecule is Nc1cc2c(Nc3ccc(Cl)c(Cl)c3)ncnc2cc1Cl. The van der Waals surface area contributed by atoms with Crippen molar-refractivity contribution in [2.75, 3.05) is 11.1 Å². The predicted molar refractivity (Wildman–Crippen MR) is 88.7 cm³/mol. The van der Waals surface area contributed by atoms with Crippen LogP contribution in [0.15, 0.2) is 36.7 Å². The standard InChI is InChI=1S/C14H9Cl3N4/c15-9-2-1-7(3-10(9)16)21-14-8-4-12(18)11(17)5-13(8)19-6-20-14/h1-6H,18H2,(H,19,20,21). The van der Waals surface area contributed by atoms with Crippen LogP contribution in [-0.4, -0.2) is 9.97 Å². The van der Waals surface area contributed by atoms with E-state index in [1.165, 1.54) is 6.33 Å². The Morgan fingerprint density at radius 3 is 2.48 bits per heavy atom. The number of hydrogen-bond donors (Lipinski definition) is 2. The molecule has 3 rings (SSSR count). The number of benzene rings is 2. The van der Waals surface area contributed by atoms with Crippen LogP contribution in [0.25, 0.3) is 10.9 Å². The Morgan fingerprint density at radius 2 is 1.71 bits per heavy atom. The molecule has 0 aliphatic carbocycles. The molecule has 0 spiro atoms. The largest absolute Gasteiger partial charge is 0.398 e. The summed E-state index contributed by atoms with van der Waals surface area (Å²) in [5, 5.41) is 5.35. The monoisotopic (exact) mass is 338 g/mol. The first kappa shape index (κ1) is 14.2. The Labute approximate surface area is 135 Å². The summed E-state index contributed by atoms with van der Waals surface area (Å²) in [4.78, 5) is 8.41. The fraction of sp³-hybridized carbons (Fsp3) is 0. The first-order chi connectivity index (χ1) is 10.0. The zero-order valence-electron chi connectivity index (χ0n) is 10.6. The molecule has 3 aromatic rings. The van der Waals surface area contributed by atoms with Crippen molar-refractivity contribution in [2.45, 2.75) is 0 Å². The van der Waals surface area contributed by atoms with Crippen LogP contribution in [0, 0.1) is 0 Å². The maximum absolute atomic E-state index is 6.00.